The van der Waals surface area contributed by atoms with E-state index in [0.717, 1.165) is 23.7 Å². The van der Waals surface area contributed by atoms with Crippen LogP contribution in [0, 0.1) is 0 Å². The van der Waals surface area contributed by atoms with E-state index in [1.54, 1.807) is 0 Å². The first kappa shape index (κ1) is 18.2. The summed E-state index contributed by atoms with van der Waals surface area (Å²) >= 11 is 2.55. The summed E-state index contributed by atoms with van der Waals surface area (Å²) in [7, 11) is 0. The SMILES string of the molecule is CCCSc1nsc(NC(=O)CN(CCO)CC(F)F)n1. The fraction of sp³-hybridized carbons (Fsp3) is 0.727. The molecule has 1 rings (SSSR count). The van der Waals surface area contributed by atoms with Crippen molar-refractivity contribution in [1.29, 1.82) is 0 Å². The molecular weight excluding hydrogens is 322 g/mol. The number of aliphatic hydroxyl groups excluding tert-OH is 1. The number of anilines is 1. The Morgan fingerprint density at radius 2 is 2.33 bits per heavy atom. The lowest BCUT2D eigenvalue weighted by molar-refractivity contribution is -0.117. The zero-order valence-corrected chi connectivity index (χ0v) is 13.2. The normalized spacial score (nSPS) is 11.3. The Hall–Kier alpha value is -0.840. The third-order valence-electron chi connectivity index (χ3n) is 2.27. The van der Waals surface area contributed by atoms with Gasteiger partial charge < -0.3 is 5.11 Å². The van der Waals surface area contributed by atoms with Gasteiger partial charge >= 0.3 is 0 Å². The second-order valence-corrected chi connectivity index (χ2v) is 5.94. The largest absolute Gasteiger partial charge is 0.395 e. The third-order valence-corrected chi connectivity index (χ3v) is 4.07. The van der Waals surface area contributed by atoms with Gasteiger partial charge in [-0.15, -0.1) is 0 Å². The van der Waals surface area contributed by atoms with Crippen LogP contribution in [0.25, 0.3) is 0 Å². The topological polar surface area (TPSA) is 78.4 Å². The van der Waals surface area contributed by atoms with E-state index in [2.05, 4.69) is 14.7 Å². The first-order chi connectivity index (χ1) is 10.0. The Bertz CT molecular complexity index is 434. The Morgan fingerprint density at radius 1 is 1.57 bits per heavy atom. The number of carbonyl (C=O) groups is 1. The third kappa shape index (κ3) is 7.65. The molecule has 0 aromatic carbocycles. The number of hydrogen-bond donors (Lipinski definition) is 2. The number of alkyl halides is 2. The van der Waals surface area contributed by atoms with Crippen LogP contribution in [-0.2, 0) is 4.79 Å². The number of rotatable bonds is 10. The van der Waals surface area contributed by atoms with Gasteiger partial charge in [-0.05, 0) is 6.42 Å². The van der Waals surface area contributed by atoms with Crippen molar-refractivity contribution in [3.8, 4) is 0 Å². The first-order valence-corrected chi connectivity index (χ1v) is 8.18. The van der Waals surface area contributed by atoms with Crippen LogP contribution in [0.1, 0.15) is 13.3 Å². The summed E-state index contributed by atoms with van der Waals surface area (Å²) in [4.78, 5) is 17.1. The molecule has 1 aromatic heterocycles. The summed E-state index contributed by atoms with van der Waals surface area (Å²) < 4.78 is 28.7. The highest BCUT2D eigenvalue weighted by atomic mass is 32.2. The van der Waals surface area contributed by atoms with Crippen LogP contribution >= 0.6 is 23.3 Å². The van der Waals surface area contributed by atoms with Crippen molar-refractivity contribution < 1.29 is 18.7 Å². The van der Waals surface area contributed by atoms with E-state index >= 15 is 0 Å². The van der Waals surface area contributed by atoms with E-state index < -0.39 is 18.9 Å². The molecule has 2 N–H and O–H groups in total. The van der Waals surface area contributed by atoms with Gasteiger partial charge in [0.2, 0.25) is 16.2 Å². The van der Waals surface area contributed by atoms with Crippen LogP contribution in [0.15, 0.2) is 5.16 Å². The average Bonchev–Trinajstić information content (AvgIpc) is 2.83. The first-order valence-electron chi connectivity index (χ1n) is 6.42. The molecule has 120 valence electrons. The molecule has 0 unspecified atom stereocenters. The molecule has 0 spiro atoms. The lowest BCUT2D eigenvalue weighted by Gasteiger charge is -2.19. The number of nitrogens with one attached hydrogen (secondary N) is 1. The molecule has 10 heteroatoms. The number of amides is 1. The molecule has 0 saturated carbocycles. The van der Waals surface area contributed by atoms with E-state index in [9.17, 15) is 13.6 Å². The summed E-state index contributed by atoms with van der Waals surface area (Å²) in [5.41, 5.74) is 0. The molecule has 0 atom stereocenters. The van der Waals surface area contributed by atoms with Crippen LogP contribution in [0.5, 0.6) is 0 Å². The van der Waals surface area contributed by atoms with Gasteiger partial charge in [0, 0.05) is 23.8 Å². The van der Waals surface area contributed by atoms with Crippen molar-refractivity contribution in [2.75, 3.05) is 37.3 Å². The highest BCUT2D eigenvalue weighted by Crippen LogP contribution is 2.20. The molecule has 1 aromatic rings. The number of carbonyl (C=O) groups excluding carboxylic acids is 1. The molecule has 21 heavy (non-hydrogen) atoms. The van der Waals surface area contributed by atoms with E-state index in [0.29, 0.717) is 10.3 Å². The predicted octanol–water partition coefficient (Wildman–Crippen LogP) is 1.54. The van der Waals surface area contributed by atoms with E-state index in [1.165, 1.54) is 16.7 Å². The molecule has 0 saturated heterocycles. The summed E-state index contributed by atoms with van der Waals surface area (Å²) in [6.07, 6.45) is -1.56. The maximum Gasteiger partial charge on any atom is 0.251 e. The molecule has 0 aliphatic carbocycles. The Morgan fingerprint density at radius 3 is 2.95 bits per heavy atom. The van der Waals surface area contributed by atoms with Crippen LogP contribution in [-0.4, -0.2) is 63.7 Å². The summed E-state index contributed by atoms with van der Waals surface area (Å²) in [5, 5.41) is 12.3. The second-order valence-electron chi connectivity index (χ2n) is 4.13. The molecule has 0 aliphatic heterocycles. The van der Waals surface area contributed by atoms with Crippen molar-refractivity contribution in [2.24, 2.45) is 0 Å². The van der Waals surface area contributed by atoms with Crippen molar-refractivity contribution >= 4 is 34.3 Å². The zero-order valence-electron chi connectivity index (χ0n) is 11.6. The van der Waals surface area contributed by atoms with Crippen molar-refractivity contribution in [2.45, 2.75) is 24.9 Å². The number of aromatic nitrogens is 2. The minimum absolute atomic E-state index is 0.0193. The maximum atomic E-state index is 12.3. The van der Waals surface area contributed by atoms with Gasteiger partial charge in [0.1, 0.15) is 0 Å². The fourth-order valence-electron chi connectivity index (χ4n) is 1.45. The quantitative estimate of drug-likeness (QED) is 0.629. The summed E-state index contributed by atoms with van der Waals surface area (Å²) in [6, 6.07) is 0. The predicted molar refractivity (Wildman–Crippen MR) is 79.1 cm³/mol. The molecule has 6 nitrogen and oxygen atoms in total. The number of thioether (sulfide) groups is 1. The fourth-order valence-corrected chi connectivity index (χ4v) is 2.86. The molecule has 0 radical (unpaired) electrons. The van der Waals surface area contributed by atoms with E-state index in [1.807, 2.05) is 6.92 Å². The number of aliphatic hydroxyl groups is 1. The van der Waals surface area contributed by atoms with Gasteiger partial charge in [0.15, 0.2) is 0 Å². The Kier molecular flexibility index (Phi) is 8.66. The monoisotopic (exact) mass is 340 g/mol. The van der Waals surface area contributed by atoms with Gasteiger partial charge in [-0.2, -0.15) is 9.36 Å². The standard InChI is InChI=1S/C11H18F2N4O2S2/c1-2-5-20-11-15-10(21-16-11)14-9(19)7-17(3-4-18)6-8(12)13/h8,18H,2-7H2,1H3,(H,14,15,16,19). The molecule has 0 bridgehead atoms. The van der Waals surface area contributed by atoms with Crippen molar-refractivity contribution in [1.82, 2.24) is 14.3 Å². The zero-order chi connectivity index (χ0) is 15.7. The summed E-state index contributed by atoms with van der Waals surface area (Å²) in [6.45, 7) is 1.01. The molecule has 0 fully saturated rings. The van der Waals surface area contributed by atoms with Crippen molar-refractivity contribution in [3.63, 3.8) is 0 Å². The summed E-state index contributed by atoms with van der Waals surface area (Å²) in [5.74, 6) is 0.440. The second kappa shape index (κ2) is 9.98. The minimum atomic E-state index is -2.55. The van der Waals surface area contributed by atoms with Crippen molar-refractivity contribution in [3.05, 3.63) is 0 Å². The maximum absolute atomic E-state index is 12.3. The van der Waals surface area contributed by atoms with Gasteiger partial charge in [0.05, 0.1) is 19.7 Å². The molecule has 1 amide bonds. The lowest BCUT2D eigenvalue weighted by atomic mass is 10.4. The van der Waals surface area contributed by atoms with Gasteiger partial charge in [-0.1, -0.05) is 18.7 Å². The number of nitrogens with zero attached hydrogens (tertiary/aromatic N) is 3. The molecular formula is C11H18F2N4O2S2. The van der Waals surface area contributed by atoms with Gasteiger partial charge in [-0.3, -0.25) is 15.0 Å². The van der Waals surface area contributed by atoms with Crippen LogP contribution < -0.4 is 5.32 Å². The molecule has 1 heterocycles. The minimum Gasteiger partial charge on any atom is -0.395 e. The van der Waals surface area contributed by atoms with Gasteiger partial charge in [-0.25, -0.2) is 8.78 Å². The van der Waals surface area contributed by atoms with E-state index in [4.69, 9.17) is 5.11 Å². The van der Waals surface area contributed by atoms with Crippen LogP contribution in [0.2, 0.25) is 0 Å². The van der Waals surface area contributed by atoms with Gasteiger partial charge in [0.25, 0.3) is 6.43 Å². The smallest absolute Gasteiger partial charge is 0.251 e. The van der Waals surface area contributed by atoms with Crippen LogP contribution in [0.4, 0.5) is 13.9 Å². The highest BCUT2D eigenvalue weighted by Gasteiger charge is 2.16. The lowest BCUT2D eigenvalue weighted by Crippen LogP contribution is -2.38. The van der Waals surface area contributed by atoms with E-state index in [-0.39, 0.29) is 19.7 Å². The average molecular weight is 340 g/mol. The Balaban J connectivity index is 2.45. The molecule has 0 aliphatic rings. The number of halogens is 2. The Labute approximate surface area is 130 Å². The number of hydrogen-bond acceptors (Lipinski definition) is 7. The highest BCUT2D eigenvalue weighted by molar-refractivity contribution is 7.99. The van der Waals surface area contributed by atoms with Crippen LogP contribution in [0.3, 0.4) is 0 Å².